The maximum absolute atomic E-state index is 13.6. The van der Waals surface area contributed by atoms with E-state index in [1.54, 1.807) is 34.6 Å². The molecule has 1 aliphatic rings. The SMILES string of the molecule is Cc1c(N2C(=O)C(=Cc3ccco3)N=C2c2ccccc2)c(=O)n(-c2ccccc2)n1C. The molecule has 2 aromatic heterocycles. The number of aliphatic imine (C=N–C) groups is 1. The zero-order valence-corrected chi connectivity index (χ0v) is 17.6. The van der Waals surface area contributed by atoms with E-state index in [1.165, 1.54) is 11.2 Å². The molecule has 1 aliphatic heterocycles. The van der Waals surface area contributed by atoms with Gasteiger partial charge in [-0.1, -0.05) is 48.5 Å². The third-order valence-electron chi connectivity index (χ3n) is 5.46. The molecule has 158 valence electrons. The van der Waals surface area contributed by atoms with Crippen LogP contribution in [-0.2, 0) is 11.8 Å². The number of aromatic nitrogens is 2. The fourth-order valence-corrected chi connectivity index (χ4v) is 3.82. The van der Waals surface area contributed by atoms with Crippen molar-refractivity contribution < 1.29 is 9.21 Å². The number of amides is 1. The molecule has 0 saturated heterocycles. The van der Waals surface area contributed by atoms with Gasteiger partial charge in [0.25, 0.3) is 11.5 Å². The lowest BCUT2D eigenvalue weighted by atomic mass is 10.2. The first-order chi connectivity index (χ1) is 15.6. The van der Waals surface area contributed by atoms with Gasteiger partial charge in [-0.2, -0.15) is 0 Å². The maximum atomic E-state index is 13.6. The van der Waals surface area contributed by atoms with E-state index in [0.29, 0.717) is 23.0 Å². The van der Waals surface area contributed by atoms with Gasteiger partial charge in [0.1, 0.15) is 23.0 Å². The van der Waals surface area contributed by atoms with E-state index in [2.05, 4.69) is 4.99 Å². The number of anilines is 1. The molecule has 7 nitrogen and oxygen atoms in total. The molecular weight excluding hydrogens is 404 g/mol. The Morgan fingerprint density at radius 3 is 2.25 bits per heavy atom. The summed E-state index contributed by atoms with van der Waals surface area (Å²) in [6.45, 7) is 1.82. The summed E-state index contributed by atoms with van der Waals surface area (Å²) in [4.78, 5) is 33.1. The molecule has 1 amide bonds. The molecule has 0 atom stereocenters. The van der Waals surface area contributed by atoms with E-state index in [1.807, 2.05) is 67.6 Å². The lowest BCUT2D eigenvalue weighted by Gasteiger charge is -2.17. The first kappa shape index (κ1) is 19.6. The topological polar surface area (TPSA) is 72.7 Å². The van der Waals surface area contributed by atoms with E-state index in [4.69, 9.17) is 4.42 Å². The van der Waals surface area contributed by atoms with Crippen molar-refractivity contribution in [1.82, 2.24) is 9.36 Å². The van der Waals surface area contributed by atoms with Gasteiger partial charge in [-0.25, -0.2) is 9.67 Å². The van der Waals surface area contributed by atoms with E-state index in [9.17, 15) is 9.59 Å². The number of furan rings is 1. The van der Waals surface area contributed by atoms with E-state index in [0.717, 1.165) is 5.56 Å². The summed E-state index contributed by atoms with van der Waals surface area (Å²) < 4.78 is 8.67. The fraction of sp³-hybridized carbons (Fsp3) is 0.0800. The number of hydrogen-bond acceptors (Lipinski definition) is 4. The van der Waals surface area contributed by atoms with Crippen LogP contribution in [0.1, 0.15) is 17.0 Å². The maximum Gasteiger partial charge on any atom is 0.296 e. The van der Waals surface area contributed by atoms with Crippen LogP contribution in [0.25, 0.3) is 11.8 Å². The lowest BCUT2D eigenvalue weighted by molar-refractivity contribution is -0.113. The molecule has 4 aromatic rings. The minimum atomic E-state index is -0.383. The number of rotatable bonds is 4. The number of amidine groups is 1. The molecule has 0 saturated carbocycles. The van der Waals surface area contributed by atoms with Crippen molar-refractivity contribution in [2.45, 2.75) is 6.92 Å². The smallest absolute Gasteiger partial charge is 0.296 e. The summed E-state index contributed by atoms with van der Waals surface area (Å²) >= 11 is 0. The number of benzene rings is 2. The van der Waals surface area contributed by atoms with Crippen LogP contribution in [0.2, 0.25) is 0 Å². The van der Waals surface area contributed by atoms with Crippen molar-refractivity contribution in [2.24, 2.45) is 12.0 Å². The summed E-state index contributed by atoms with van der Waals surface area (Å²) in [7, 11) is 1.80. The van der Waals surface area contributed by atoms with E-state index < -0.39 is 0 Å². The van der Waals surface area contributed by atoms with Crippen LogP contribution >= 0.6 is 0 Å². The fourth-order valence-electron chi connectivity index (χ4n) is 3.82. The monoisotopic (exact) mass is 424 g/mol. The molecule has 0 radical (unpaired) electrons. The lowest BCUT2D eigenvalue weighted by Crippen LogP contribution is -2.36. The molecule has 0 unspecified atom stereocenters. The zero-order chi connectivity index (χ0) is 22.2. The highest BCUT2D eigenvalue weighted by atomic mass is 16.3. The quantitative estimate of drug-likeness (QED) is 0.466. The largest absolute Gasteiger partial charge is 0.465 e. The molecule has 0 aliphatic carbocycles. The highest BCUT2D eigenvalue weighted by Gasteiger charge is 2.37. The van der Waals surface area contributed by atoms with E-state index in [-0.39, 0.29) is 22.9 Å². The Bertz CT molecular complexity index is 1410. The van der Waals surface area contributed by atoms with Crippen LogP contribution in [0.3, 0.4) is 0 Å². The van der Waals surface area contributed by atoms with Crippen molar-refractivity contribution in [3.05, 3.63) is 112 Å². The summed E-state index contributed by atoms with van der Waals surface area (Å²) in [6.07, 6.45) is 3.12. The summed E-state index contributed by atoms with van der Waals surface area (Å²) in [5, 5.41) is 0. The Balaban J connectivity index is 1.71. The van der Waals surface area contributed by atoms with Crippen molar-refractivity contribution in [2.75, 3.05) is 4.90 Å². The van der Waals surface area contributed by atoms with Crippen molar-refractivity contribution in [3.8, 4) is 5.69 Å². The Labute approximate surface area is 184 Å². The van der Waals surface area contributed by atoms with Gasteiger partial charge in [-0.05, 0) is 31.2 Å². The average molecular weight is 424 g/mol. The molecule has 32 heavy (non-hydrogen) atoms. The number of hydrogen-bond donors (Lipinski definition) is 0. The van der Waals surface area contributed by atoms with Gasteiger partial charge in [0.2, 0.25) is 0 Å². The van der Waals surface area contributed by atoms with Gasteiger partial charge < -0.3 is 4.42 Å². The Morgan fingerprint density at radius 2 is 1.59 bits per heavy atom. The molecular formula is C25H20N4O3. The second kappa shape index (κ2) is 7.70. The highest BCUT2D eigenvalue weighted by Crippen LogP contribution is 2.29. The standard InChI is InChI=1S/C25H20N4O3/c1-17-22(25(31)29(27(17)2)19-12-7-4-8-13-19)28-23(18-10-5-3-6-11-18)26-21(24(28)30)16-20-14-9-15-32-20/h3-16H,1-2H3. The van der Waals surface area contributed by atoms with E-state index >= 15 is 0 Å². The normalized spacial score (nSPS) is 14.9. The van der Waals surface area contributed by atoms with Crippen molar-refractivity contribution in [1.29, 1.82) is 0 Å². The number of para-hydroxylation sites is 1. The third-order valence-corrected chi connectivity index (χ3v) is 5.46. The average Bonchev–Trinajstić information content (AvgIpc) is 3.49. The number of carbonyl (C=O) groups is 1. The summed E-state index contributed by atoms with van der Waals surface area (Å²) in [5.41, 5.74) is 2.27. The molecule has 0 spiro atoms. The molecule has 7 heteroatoms. The molecule has 5 rings (SSSR count). The van der Waals surface area contributed by atoms with Crippen LogP contribution in [0.5, 0.6) is 0 Å². The van der Waals surface area contributed by atoms with Gasteiger partial charge in [-0.3, -0.25) is 19.2 Å². The predicted molar refractivity (Wildman–Crippen MR) is 123 cm³/mol. The van der Waals surface area contributed by atoms with Crippen LogP contribution in [0.15, 0.2) is 99.0 Å². The van der Waals surface area contributed by atoms with Crippen LogP contribution in [0, 0.1) is 6.92 Å². The molecule has 3 heterocycles. The Kier molecular flexibility index (Phi) is 4.71. The minimum Gasteiger partial charge on any atom is -0.465 e. The van der Waals surface area contributed by atoms with Crippen LogP contribution < -0.4 is 10.5 Å². The number of carbonyl (C=O) groups excluding carboxylic acids is 1. The molecule has 0 bridgehead atoms. The van der Waals surface area contributed by atoms with Crippen molar-refractivity contribution >= 4 is 23.5 Å². The summed E-state index contributed by atoms with van der Waals surface area (Å²) in [6, 6.07) is 22.2. The first-order valence-corrected chi connectivity index (χ1v) is 10.1. The van der Waals surface area contributed by atoms with Gasteiger partial charge in [0.15, 0.2) is 0 Å². The third kappa shape index (κ3) is 3.11. The molecule has 0 fully saturated rings. The predicted octanol–water partition coefficient (Wildman–Crippen LogP) is 3.91. The highest BCUT2D eigenvalue weighted by molar-refractivity contribution is 6.33. The van der Waals surface area contributed by atoms with Gasteiger partial charge >= 0.3 is 0 Å². The molecule has 2 aromatic carbocycles. The Hall–Kier alpha value is -4.39. The summed E-state index contributed by atoms with van der Waals surface area (Å²) in [5.74, 6) is 0.531. The first-order valence-electron chi connectivity index (χ1n) is 10.1. The van der Waals surface area contributed by atoms with Gasteiger partial charge in [-0.15, -0.1) is 0 Å². The molecule has 0 N–H and O–H groups in total. The minimum absolute atomic E-state index is 0.202. The van der Waals surface area contributed by atoms with Crippen LogP contribution in [0.4, 0.5) is 5.69 Å². The number of nitrogens with zero attached hydrogens (tertiary/aromatic N) is 4. The van der Waals surface area contributed by atoms with Crippen LogP contribution in [-0.4, -0.2) is 21.1 Å². The Morgan fingerprint density at radius 1 is 0.906 bits per heavy atom. The second-order valence-electron chi connectivity index (χ2n) is 7.40. The van der Waals surface area contributed by atoms with Crippen molar-refractivity contribution in [3.63, 3.8) is 0 Å². The second-order valence-corrected chi connectivity index (χ2v) is 7.40. The van der Waals surface area contributed by atoms with Gasteiger partial charge in [0.05, 0.1) is 17.6 Å². The zero-order valence-electron chi connectivity index (χ0n) is 17.6. The van der Waals surface area contributed by atoms with Gasteiger partial charge in [0, 0.05) is 18.7 Å².